The highest BCUT2D eigenvalue weighted by Gasteiger charge is 2.25. The number of thioether (sulfide) groups is 1. The number of carbonyl (C=O) groups is 1. The molecule has 3 aromatic rings. The predicted octanol–water partition coefficient (Wildman–Crippen LogP) is 4.22. The quantitative estimate of drug-likeness (QED) is 0.723. The number of hydrogen-bond acceptors (Lipinski definition) is 4. The molecule has 2 aliphatic rings. The van der Waals surface area contributed by atoms with Gasteiger partial charge in [0.15, 0.2) is 11.5 Å². The molecule has 1 aromatic heterocycles. The first-order valence-electron chi connectivity index (χ1n) is 9.16. The molecular formula is C21H20N2O3S. The third-order valence-corrected chi connectivity index (χ3v) is 6.49. The van der Waals surface area contributed by atoms with Crippen molar-refractivity contribution in [2.24, 2.45) is 0 Å². The first kappa shape index (κ1) is 16.6. The van der Waals surface area contributed by atoms with Crippen LogP contribution in [0.1, 0.15) is 27.7 Å². The maximum atomic E-state index is 13.0. The molecule has 1 fully saturated rings. The summed E-state index contributed by atoms with van der Waals surface area (Å²) in [7, 11) is 0. The summed E-state index contributed by atoms with van der Waals surface area (Å²) in [4.78, 5) is 18.2. The maximum absolute atomic E-state index is 13.0. The molecule has 1 N–H and O–H groups in total. The van der Waals surface area contributed by atoms with Gasteiger partial charge in [-0.15, -0.1) is 0 Å². The Balaban J connectivity index is 1.31. The van der Waals surface area contributed by atoms with Gasteiger partial charge >= 0.3 is 0 Å². The topological polar surface area (TPSA) is 54.6 Å². The van der Waals surface area contributed by atoms with Crippen LogP contribution < -0.4 is 9.47 Å². The third-order valence-electron chi connectivity index (χ3n) is 5.16. The lowest BCUT2D eigenvalue weighted by atomic mass is 10.1. The zero-order chi connectivity index (χ0) is 18.2. The minimum absolute atomic E-state index is 0.0816. The fourth-order valence-electron chi connectivity index (χ4n) is 3.71. The average molecular weight is 380 g/mol. The van der Waals surface area contributed by atoms with Gasteiger partial charge in [0.2, 0.25) is 6.79 Å². The van der Waals surface area contributed by atoms with Crippen LogP contribution >= 0.6 is 11.8 Å². The Morgan fingerprint density at radius 1 is 1.07 bits per heavy atom. The second-order valence-corrected chi connectivity index (χ2v) is 8.13. The SMILES string of the molecule is O=C(c1cc2ccccc2[nH]1)N1CCSC(c2ccc3c(c2)OCO3)CC1. The predicted molar refractivity (Wildman–Crippen MR) is 107 cm³/mol. The van der Waals surface area contributed by atoms with E-state index in [-0.39, 0.29) is 5.91 Å². The van der Waals surface area contributed by atoms with E-state index >= 15 is 0 Å². The van der Waals surface area contributed by atoms with Crippen molar-refractivity contribution in [3.8, 4) is 11.5 Å². The summed E-state index contributed by atoms with van der Waals surface area (Å²) in [6.07, 6.45) is 0.927. The molecule has 1 atom stereocenters. The smallest absolute Gasteiger partial charge is 0.270 e. The molecule has 0 bridgehead atoms. The van der Waals surface area contributed by atoms with Gasteiger partial charge in [-0.3, -0.25) is 4.79 Å². The Morgan fingerprint density at radius 2 is 1.96 bits per heavy atom. The number of benzene rings is 2. The van der Waals surface area contributed by atoms with Gasteiger partial charge in [0.25, 0.3) is 5.91 Å². The molecule has 138 valence electrons. The average Bonchev–Trinajstić information content (AvgIpc) is 3.27. The van der Waals surface area contributed by atoms with Gasteiger partial charge in [-0.2, -0.15) is 11.8 Å². The normalized spacial score (nSPS) is 19.3. The van der Waals surface area contributed by atoms with Gasteiger partial charge in [-0.1, -0.05) is 24.3 Å². The summed E-state index contributed by atoms with van der Waals surface area (Å²) in [5.74, 6) is 2.64. The molecule has 1 saturated heterocycles. The van der Waals surface area contributed by atoms with Gasteiger partial charge in [0.05, 0.1) is 0 Å². The van der Waals surface area contributed by atoms with Crippen LogP contribution in [0.5, 0.6) is 11.5 Å². The summed E-state index contributed by atoms with van der Waals surface area (Å²) in [5.41, 5.74) is 2.91. The van der Waals surface area contributed by atoms with E-state index in [2.05, 4.69) is 17.1 Å². The molecule has 1 unspecified atom stereocenters. The molecule has 1 amide bonds. The standard InChI is InChI=1S/C21H20N2O3S/c24-21(17-11-14-3-1-2-4-16(14)22-17)23-8-7-20(27-10-9-23)15-5-6-18-19(12-15)26-13-25-18/h1-6,11-12,20,22H,7-10,13H2. The van der Waals surface area contributed by atoms with Crippen LogP contribution in [0.2, 0.25) is 0 Å². The van der Waals surface area contributed by atoms with E-state index in [0.29, 0.717) is 17.7 Å². The summed E-state index contributed by atoms with van der Waals surface area (Å²) in [5, 5.41) is 1.43. The van der Waals surface area contributed by atoms with E-state index in [1.54, 1.807) is 0 Å². The van der Waals surface area contributed by atoms with E-state index in [9.17, 15) is 4.79 Å². The van der Waals surface area contributed by atoms with Gasteiger partial charge in [-0.25, -0.2) is 0 Å². The highest BCUT2D eigenvalue weighted by Crippen LogP contribution is 2.40. The highest BCUT2D eigenvalue weighted by atomic mass is 32.2. The first-order chi connectivity index (χ1) is 13.3. The van der Waals surface area contributed by atoms with Crippen molar-refractivity contribution < 1.29 is 14.3 Å². The molecule has 0 spiro atoms. The Hall–Kier alpha value is -2.60. The number of aromatic amines is 1. The molecule has 2 aromatic carbocycles. The number of fused-ring (bicyclic) bond motifs is 2. The van der Waals surface area contributed by atoms with Gasteiger partial charge in [-0.05, 0) is 36.2 Å². The van der Waals surface area contributed by atoms with Crippen molar-refractivity contribution in [3.05, 3.63) is 59.8 Å². The number of aromatic nitrogens is 1. The number of hydrogen-bond donors (Lipinski definition) is 1. The summed E-state index contributed by atoms with van der Waals surface area (Å²) < 4.78 is 10.9. The Labute approximate surface area is 161 Å². The minimum atomic E-state index is 0.0816. The molecule has 27 heavy (non-hydrogen) atoms. The number of amides is 1. The molecular weight excluding hydrogens is 360 g/mol. The van der Waals surface area contributed by atoms with Crippen molar-refractivity contribution in [3.63, 3.8) is 0 Å². The molecule has 5 rings (SSSR count). The van der Waals surface area contributed by atoms with Crippen LogP contribution in [0.4, 0.5) is 0 Å². The van der Waals surface area contributed by atoms with Crippen LogP contribution in [0.15, 0.2) is 48.5 Å². The molecule has 0 radical (unpaired) electrons. The Kier molecular flexibility index (Phi) is 4.20. The summed E-state index contributed by atoms with van der Waals surface area (Å²) >= 11 is 1.90. The third kappa shape index (κ3) is 3.14. The summed E-state index contributed by atoms with van der Waals surface area (Å²) in [6, 6.07) is 16.1. The van der Waals surface area contributed by atoms with E-state index in [0.717, 1.165) is 47.7 Å². The van der Waals surface area contributed by atoms with Crippen LogP contribution in [0.3, 0.4) is 0 Å². The molecule has 0 saturated carbocycles. The Bertz CT molecular complexity index is 967. The van der Waals surface area contributed by atoms with Crippen molar-refractivity contribution in [1.82, 2.24) is 9.88 Å². The molecule has 3 heterocycles. The van der Waals surface area contributed by atoms with Crippen molar-refractivity contribution in [2.75, 3.05) is 25.6 Å². The fourth-order valence-corrected chi connectivity index (χ4v) is 4.93. The zero-order valence-electron chi connectivity index (χ0n) is 14.8. The first-order valence-corrected chi connectivity index (χ1v) is 10.2. The largest absolute Gasteiger partial charge is 0.454 e. The maximum Gasteiger partial charge on any atom is 0.270 e. The lowest BCUT2D eigenvalue weighted by Crippen LogP contribution is -2.33. The number of nitrogens with zero attached hydrogens (tertiary/aromatic N) is 1. The highest BCUT2D eigenvalue weighted by molar-refractivity contribution is 7.99. The van der Waals surface area contributed by atoms with E-state index in [1.807, 2.05) is 53.1 Å². The van der Waals surface area contributed by atoms with Gasteiger partial charge < -0.3 is 19.4 Å². The molecule has 0 aliphatic carbocycles. The lowest BCUT2D eigenvalue weighted by Gasteiger charge is -2.19. The second kappa shape index (κ2) is 6.85. The molecule has 6 heteroatoms. The van der Waals surface area contributed by atoms with E-state index < -0.39 is 0 Å². The molecule has 2 aliphatic heterocycles. The summed E-state index contributed by atoms with van der Waals surface area (Å²) in [6.45, 7) is 1.81. The number of H-pyrrole nitrogens is 1. The van der Waals surface area contributed by atoms with Crippen LogP contribution in [-0.4, -0.2) is 41.4 Å². The Morgan fingerprint density at radius 3 is 2.89 bits per heavy atom. The van der Waals surface area contributed by atoms with Crippen LogP contribution in [-0.2, 0) is 0 Å². The molecule has 5 nitrogen and oxygen atoms in total. The van der Waals surface area contributed by atoms with E-state index in [4.69, 9.17) is 9.47 Å². The van der Waals surface area contributed by atoms with Gasteiger partial charge in [0, 0.05) is 35.0 Å². The number of nitrogens with one attached hydrogen (secondary N) is 1. The zero-order valence-corrected chi connectivity index (χ0v) is 15.6. The van der Waals surface area contributed by atoms with Crippen molar-refractivity contribution in [1.29, 1.82) is 0 Å². The van der Waals surface area contributed by atoms with Crippen LogP contribution in [0, 0.1) is 0 Å². The number of carbonyl (C=O) groups excluding carboxylic acids is 1. The number of para-hydroxylation sites is 1. The lowest BCUT2D eigenvalue weighted by molar-refractivity contribution is 0.0761. The van der Waals surface area contributed by atoms with Crippen molar-refractivity contribution >= 4 is 28.6 Å². The number of ether oxygens (including phenoxy) is 2. The van der Waals surface area contributed by atoms with Gasteiger partial charge in [0.1, 0.15) is 5.69 Å². The fraction of sp³-hybridized carbons (Fsp3) is 0.286. The second-order valence-electron chi connectivity index (χ2n) is 6.82. The van der Waals surface area contributed by atoms with Crippen molar-refractivity contribution in [2.45, 2.75) is 11.7 Å². The minimum Gasteiger partial charge on any atom is -0.454 e. The van der Waals surface area contributed by atoms with E-state index in [1.165, 1.54) is 5.56 Å². The monoisotopic (exact) mass is 380 g/mol. The number of rotatable bonds is 2. The van der Waals surface area contributed by atoms with Crippen LogP contribution in [0.25, 0.3) is 10.9 Å².